The van der Waals surface area contributed by atoms with Gasteiger partial charge >= 0.3 is 5.97 Å². The summed E-state index contributed by atoms with van der Waals surface area (Å²) in [5.41, 5.74) is 1.80. The summed E-state index contributed by atoms with van der Waals surface area (Å²) >= 11 is 4.78. The van der Waals surface area contributed by atoms with Crippen molar-refractivity contribution in [1.29, 1.82) is 0 Å². The Balaban J connectivity index is 1.87. The van der Waals surface area contributed by atoms with Gasteiger partial charge in [-0.1, -0.05) is 0 Å². The Hall–Kier alpha value is -1.93. The van der Waals surface area contributed by atoms with E-state index in [2.05, 4.69) is 21.2 Å². The van der Waals surface area contributed by atoms with Gasteiger partial charge in [0.05, 0.1) is 12.2 Å². The third kappa shape index (κ3) is 4.32. The highest BCUT2D eigenvalue weighted by Crippen LogP contribution is 2.38. The van der Waals surface area contributed by atoms with Crippen LogP contribution in [0.4, 0.5) is 5.00 Å². The average Bonchev–Trinajstić information content (AvgIpc) is 2.97. The number of ether oxygens (including phenoxy) is 1. The summed E-state index contributed by atoms with van der Waals surface area (Å²) in [4.78, 5) is 38.4. The molecule has 3 rings (SSSR count). The van der Waals surface area contributed by atoms with Crippen LogP contribution in [-0.4, -0.2) is 23.1 Å². The van der Waals surface area contributed by atoms with Crippen molar-refractivity contribution in [2.24, 2.45) is 0 Å². The van der Waals surface area contributed by atoms with Gasteiger partial charge in [0.25, 0.3) is 5.56 Å². The van der Waals surface area contributed by atoms with Gasteiger partial charge in [-0.3, -0.25) is 9.59 Å². The van der Waals surface area contributed by atoms with Crippen molar-refractivity contribution in [3.63, 3.8) is 0 Å². The molecule has 1 N–H and O–H groups in total. The third-order valence-corrected chi connectivity index (χ3v) is 6.09. The lowest BCUT2D eigenvalue weighted by molar-refractivity contribution is -0.116. The molecule has 0 saturated carbocycles. The number of amides is 1. The minimum Gasteiger partial charge on any atom is -0.462 e. The third-order valence-electron chi connectivity index (χ3n) is 4.45. The summed E-state index contributed by atoms with van der Waals surface area (Å²) in [6.45, 7) is 3.62. The largest absolute Gasteiger partial charge is 0.462 e. The predicted molar refractivity (Wildman–Crippen MR) is 109 cm³/mol. The lowest BCUT2D eigenvalue weighted by Crippen LogP contribution is -2.28. The van der Waals surface area contributed by atoms with E-state index in [4.69, 9.17) is 4.74 Å². The van der Waals surface area contributed by atoms with Gasteiger partial charge in [0.2, 0.25) is 5.91 Å². The predicted octanol–water partition coefficient (Wildman–Crippen LogP) is 3.67. The van der Waals surface area contributed by atoms with E-state index >= 15 is 0 Å². The molecule has 0 aliphatic heterocycles. The number of hydrogen-bond acceptors (Lipinski definition) is 5. The van der Waals surface area contributed by atoms with Crippen LogP contribution in [0, 0.1) is 6.92 Å². The van der Waals surface area contributed by atoms with Crippen molar-refractivity contribution < 1.29 is 14.3 Å². The molecule has 1 aliphatic rings. The number of fused-ring (bicyclic) bond motifs is 1. The lowest BCUT2D eigenvalue weighted by atomic mass is 9.95. The van der Waals surface area contributed by atoms with E-state index in [-0.39, 0.29) is 24.6 Å². The molecule has 2 aromatic rings. The molecule has 1 amide bonds. The molecule has 0 atom stereocenters. The second-order valence-corrected chi connectivity index (χ2v) is 8.48. The molecule has 2 aromatic heterocycles. The van der Waals surface area contributed by atoms with Crippen LogP contribution in [0.3, 0.4) is 0 Å². The molecule has 144 valence electrons. The van der Waals surface area contributed by atoms with Crippen LogP contribution in [0.1, 0.15) is 46.1 Å². The first kappa shape index (κ1) is 19.8. The number of pyridine rings is 1. The maximum atomic E-state index is 12.6. The molecule has 0 fully saturated rings. The smallest absolute Gasteiger partial charge is 0.341 e. The lowest BCUT2D eigenvalue weighted by Gasteiger charge is -2.12. The highest BCUT2D eigenvalue weighted by Gasteiger charge is 2.27. The molecule has 0 unspecified atom stereocenters. The van der Waals surface area contributed by atoms with Gasteiger partial charge in [0.1, 0.15) is 11.5 Å². The second-order valence-electron chi connectivity index (χ2n) is 6.46. The van der Waals surface area contributed by atoms with Crippen LogP contribution in [-0.2, 0) is 28.9 Å². The van der Waals surface area contributed by atoms with Gasteiger partial charge in [-0.15, -0.1) is 11.3 Å². The van der Waals surface area contributed by atoms with Gasteiger partial charge in [0.15, 0.2) is 0 Å². The Kier molecular flexibility index (Phi) is 6.16. The minimum absolute atomic E-state index is 0.121. The van der Waals surface area contributed by atoms with Crippen molar-refractivity contribution in [2.45, 2.75) is 46.1 Å². The van der Waals surface area contributed by atoms with Crippen LogP contribution in [0.25, 0.3) is 0 Å². The van der Waals surface area contributed by atoms with Gasteiger partial charge in [-0.05, 0) is 67.1 Å². The summed E-state index contributed by atoms with van der Waals surface area (Å²) in [5.74, 6) is -0.749. The van der Waals surface area contributed by atoms with Crippen LogP contribution in [0.15, 0.2) is 21.5 Å². The number of anilines is 1. The zero-order valence-electron chi connectivity index (χ0n) is 15.3. The van der Waals surface area contributed by atoms with Gasteiger partial charge in [-0.25, -0.2) is 4.79 Å². The average molecular weight is 453 g/mol. The number of hydrogen-bond donors (Lipinski definition) is 1. The summed E-state index contributed by atoms with van der Waals surface area (Å²) in [6, 6.07) is 1.71. The quantitative estimate of drug-likeness (QED) is 0.701. The molecular formula is C19H21BrN2O4S. The van der Waals surface area contributed by atoms with Crippen LogP contribution < -0.4 is 10.9 Å². The SMILES string of the molecule is CCOC(=O)c1c(NC(=O)Cn2cc(Br)cc(C)c2=O)sc2c1CCCC2. The number of esters is 1. The fraction of sp³-hybridized carbons (Fsp3) is 0.421. The highest BCUT2D eigenvalue weighted by molar-refractivity contribution is 9.10. The van der Waals surface area contributed by atoms with Crippen molar-refractivity contribution in [1.82, 2.24) is 4.57 Å². The van der Waals surface area contributed by atoms with E-state index in [1.807, 2.05) is 0 Å². The Bertz CT molecular complexity index is 948. The fourth-order valence-corrected chi connectivity index (χ4v) is 5.14. The number of nitrogens with one attached hydrogen (secondary N) is 1. The molecule has 0 bridgehead atoms. The zero-order chi connectivity index (χ0) is 19.6. The molecule has 0 radical (unpaired) electrons. The number of nitrogens with zero attached hydrogens (tertiary/aromatic N) is 1. The maximum absolute atomic E-state index is 12.6. The van der Waals surface area contributed by atoms with E-state index < -0.39 is 5.97 Å². The molecule has 1 aliphatic carbocycles. The molecule has 2 heterocycles. The van der Waals surface area contributed by atoms with E-state index in [0.29, 0.717) is 16.1 Å². The monoisotopic (exact) mass is 452 g/mol. The molecular weight excluding hydrogens is 432 g/mol. The number of rotatable bonds is 5. The van der Waals surface area contributed by atoms with E-state index in [1.165, 1.54) is 15.9 Å². The fourth-order valence-electron chi connectivity index (χ4n) is 3.25. The summed E-state index contributed by atoms with van der Waals surface area (Å²) in [5, 5.41) is 3.34. The maximum Gasteiger partial charge on any atom is 0.341 e. The topological polar surface area (TPSA) is 77.4 Å². The molecule has 6 nitrogen and oxygen atoms in total. The Morgan fingerprint density at radius 3 is 2.81 bits per heavy atom. The first-order chi connectivity index (χ1) is 12.9. The van der Waals surface area contributed by atoms with E-state index in [9.17, 15) is 14.4 Å². The van der Waals surface area contributed by atoms with Crippen LogP contribution >= 0.6 is 27.3 Å². The van der Waals surface area contributed by atoms with Gasteiger partial charge in [0, 0.05) is 21.1 Å². The molecule has 0 aromatic carbocycles. The number of halogens is 1. The van der Waals surface area contributed by atoms with Crippen LogP contribution in [0.2, 0.25) is 0 Å². The van der Waals surface area contributed by atoms with E-state index in [1.54, 1.807) is 26.1 Å². The first-order valence-corrected chi connectivity index (χ1v) is 10.5. The normalized spacial score (nSPS) is 13.1. The zero-order valence-corrected chi connectivity index (χ0v) is 17.7. The number of carbonyl (C=O) groups excluding carboxylic acids is 2. The van der Waals surface area contributed by atoms with Crippen molar-refractivity contribution in [2.75, 3.05) is 11.9 Å². The van der Waals surface area contributed by atoms with E-state index in [0.717, 1.165) is 40.6 Å². The van der Waals surface area contributed by atoms with Gasteiger partial charge < -0.3 is 14.6 Å². The van der Waals surface area contributed by atoms with Crippen molar-refractivity contribution in [3.8, 4) is 0 Å². The van der Waals surface area contributed by atoms with Gasteiger partial charge in [-0.2, -0.15) is 0 Å². The summed E-state index contributed by atoms with van der Waals surface area (Å²) < 4.78 is 7.28. The Morgan fingerprint density at radius 1 is 1.33 bits per heavy atom. The number of aryl methyl sites for hydroxylation is 2. The molecule has 8 heteroatoms. The Morgan fingerprint density at radius 2 is 2.07 bits per heavy atom. The second kappa shape index (κ2) is 8.39. The summed E-state index contributed by atoms with van der Waals surface area (Å²) in [7, 11) is 0. The molecule has 27 heavy (non-hydrogen) atoms. The number of aromatic nitrogens is 1. The first-order valence-electron chi connectivity index (χ1n) is 8.88. The Labute approximate surface area is 169 Å². The number of carbonyl (C=O) groups is 2. The van der Waals surface area contributed by atoms with Crippen molar-refractivity contribution >= 4 is 44.1 Å². The standard InChI is InChI=1S/C19H21BrN2O4S/c1-3-26-19(25)16-13-6-4-5-7-14(13)27-17(16)21-15(23)10-22-9-12(20)8-11(2)18(22)24/h8-9H,3-7,10H2,1-2H3,(H,21,23). The van der Waals surface area contributed by atoms with Crippen LogP contribution in [0.5, 0.6) is 0 Å². The number of thiophene rings is 1. The molecule has 0 saturated heterocycles. The highest BCUT2D eigenvalue weighted by atomic mass is 79.9. The molecule has 0 spiro atoms. The minimum atomic E-state index is -0.400. The summed E-state index contributed by atoms with van der Waals surface area (Å²) in [6.07, 6.45) is 5.42. The van der Waals surface area contributed by atoms with Crippen molar-refractivity contribution in [3.05, 3.63) is 48.7 Å².